The van der Waals surface area contributed by atoms with Gasteiger partial charge in [-0.15, -0.1) is 0 Å². The van der Waals surface area contributed by atoms with Crippen LogP contribution in [0.3, 0.4) is 0 Å². The third-order valence-electron chi connectivity index (χ3n) is 4.25. The molecule has 2 nitrogen and oxygen atoms in total. The van der Waals surface area contributed by atoms with E-state index in [-0.39, 0.29) is 0 Å². The van der Waals surface area contributed by atoms with Gasteiger partial charge in [-0.1, -0.05) is 0 Å². The second-order valence-electron chi connectivity index (χ2n) is 6.20. The third-order valence-corrected chi connectivity index (χ3v) is 9.37. The number of alkyl halides is 2. The van der Waals surface area contributed by atoms with Crippen molar-refractivity contribution in [2.45, 2.75) is 88.5 Å². The zero-order valence-electron chi connectivity index (χ0n) is 14.2. The fraction of sp³-hybridized carbons (Fsp3) is 0.824. The zero-order chi connectivity index (χ0) is 16.4. The molecule has 0 amide bonds. The molecular formula is C17H30F2N2Sn. The molecule has 0 bridgehead atoms. The summed E-state index contributed by atoms with van der Waals surface area (Å²) < 4.78 is 27.9. The van der Waals surface area contributed by atoms with Crippen LogP contribution >= 0.6 is 0 Å². The first kappa shape index (κ1) is 19.9. The van der Waals surface area contributed by atoms with Crippen LogP contribution in [0.2, 0.25) is 3.43 Å². The SMILES string of the molecule is CCCC[C](CCCC)(CCCC)[Sn][c]1cn(C(F)F)cn1. The molecule has 22 heavy (non-hydrogen) atoms. The van der Waals surface area contributed by atoms with Crippen LogP contribution < -0.4 is 3.71 Å². The van der Waals surface area contributed by atoms with Gasteiger partial charge in [-0.25, -0.2) is 0 Å². The fourth-order valence-electron chi connectivity index (χ4n) is 2.89. The van der Waals surface area contributed by atoms with Gasteiger partial charge >= 0.3 is 144 Å². The Morgan fingerprint density at radius 1 is 1.05 bits per heavy atom. The van der Waals surface area contributed by atoms with Gasteiger partial charge in [0.05, 0.1) is 0 Å². The van der Waals surface area contributed by atoms with E-state index in [4.69, 9.17) is 0 Å². The Bertz CT molecular complexity index is 385. The monoisotopic (exact) mass is 420 g/mol. The van der Waals surface area contributed by atoms with Gasteiger partial charge in [-0.05, 0) is 0 Å². The molecule has 0 N–H and O–H groups in total. The first-order valence-corrected chi connectivity index (χ1v) is 11.5. The Balaban J connectivity index is 2.87. The second kappa shape index (κ2) is 10.6. The van der Waals surface area contributed by atoms with Crippen LogP contribution in [-0.2, 0) is 0 Å². The summed E-state index contributed by atoms with van der Waals surface area (Å²) in [5.41, 5.74) is 0. The summed E-state index contributed by atoms with van der Waals surface area (Å²) in [7, 11) is 0. The molecule has 0 saturated carbocycles. The van der Waals surface area contributed by atoms with E-state index in [9.17, 15) is 8.78 Å². The number of imidazole rings is 1. The molecule has 2 radical (unpaired) electrons. The molecule has 0 aromatic carbocycles. The average molecular weight is 419 g/mol. The van der Waals surface area contributed by atoms with Crippen molar-refractivity contribution in [3.63, 3.8) is 0 Å². The first-order valence-electron chi connectivity index (χ1n) is 8.66. The quantitative estimate of drug-likeness (QED) is 0.419. The number of halogens is 2. The van der Waals surface area contributed by atoms with Gasteiger partial charge in [0.25, 0.3) is 0 Å². The summed E-state index contributed by atoms with van der Waals surface area (Å²) in [6.45, 7) is 4.25. The molecule has 1 heterocycles. The van der Waals surface area contributed by atoms with Crippen LogP contribution in [0.4, 0.5) is 8.78 Å². The molecule has 1 aromatic heterocycles. The van der Waals surface area contributed by atoms with E-state index < -0.39 is 27.7 Å². The zero-order valence-corrected chi connectivity index (χ0v) is 17.1. The van der Waals surface area contributed by atoms with Crippen LogP contribution in [0.5, 0.6) is 0 Å². The minimum atomic E-state index is -2.46. The van der Waals surface area contributed by atoms with Crippen LogP contribution in [0.1, 0.15) is 85.1 Å². The van der Waals surface area contributed by atoms with Crippen LogP contribution in [-0.4, -0.2) is 30.7 Å². The standard InChI is InChI=1S/C13H27.C4H3F2N2.Sn/c1-4-7-10-13(11-8-5-2)12-9-6-3;5-4(6)8-2-1-7-3-8;/h4-12H2,1-3H3;2-4H;. The Kier molecular flexibility index (Phi) is 9.60. The van der Waals surface area contributed by atoms with Crippen molar-refractivity contribution in [1.29, 1.82) is 0 Å². The number of aromatic nitrogens is 2. The molecule has 0 atom stereocenters. The van der Waals surface area contributed by atoms with Gasteiger partial charge in [0.15, 0.2) is 0 Å². The first-order chi connectivity index (χ1) is 10.6. The fourth-order valence-corrected chi connectivity index (χ4v) is 7.98. The molecule has 5 heteroatoms. The van der Waals surface area contributed by atoms with Gasteiger partial charge in [0.2, 0.25) is 0 Å². The predicted molar refractivity (Wildman–Crippen MR) is 90.1 cm³/mol. The normalized spacial score (nSPS) is 12.3. The van der Waals surface area contributed by atoms with E-state index in [1.54, 1.807) is 6.20 Å². The molecule has 0 aliphatic rings. The van der Waals surface area contributed by atoms with Crippen molar-refractivity contribution < 1.29 is 8.78 Å². The molecule has 0 aliphatic carbocycles. The van der Waals surface area contributed by atoms with Crippen molar-refractivity contribution in [3.8, 4) is 0 Å². The van der Waals surface area contributed by atoms with E-state index in [0.29, 0.717) is 3.43 Å². The average Bonchev–Trinajstić information content (AvgIpc) is 2.97. The van der Waals surface area contributed by atoms with E-state index in [0.717, 1.165) is 8.28 Å². The molecule has 0 aliphatic heterocycles. The van der Waals surface area contributed by atoms with E-state index in [2.05, 4.69) is 25.8 Å². The van der Waals surface area contributed by atoms with Gasteiger partial charge in [0, 0.05) is 0 Å². The molecule has 1 rings (SSSR count). The molecule has 0 fully saturated rings. The van der Waals surface area contributed by atoms with Crippen molar-refractivity contribution in [2.24, 2.45) is 0 Å². The van der Waals surface area contributed by atoms with E-state index in [1.165, 1.54) is 64.1 Å². The van der Waals surface area contributed by atoms with Gasteiger partial charge in [-0.3, -0.25) is 0 Å². The van der Waals surface area contributed by atoms with Gasteiger partial charge < -0.3 is 0 Å². The van der Waals surface area contributed by atoms with Gasteiger partial charge in [0.1, 0.15) is 0 Å². The Morgan fingerprint density at radius 2 is 1.55 bits per heavy atom. The maximum absolute atomic E-state index is 12.8. The topological polar surface area (TPSA) is 17.8 Å². The van der Waals surface area contributed by atoms with E-state index in [1.807, 2.05) is 0 Å². The molecule has 0 saturated heterocycles. The molecule has 126 valence electrons. The maximum atomic E-state index is 12.8. The predicted octanol–water partition coefficient (Wildman–Crippen LogP) is 5.34. The number of nitrogens with zero attached hydrogens (tertiary/aromatic N) is 2. The minimum absolute atomic E-state index is 0.409. The Hall–Kier alpha value is -0.131. The number of rotatable bonds is 12. The molecule has 1 aromatic rings. The summed E-state index contributed by atoms with van der Waals surface area (Å²) in [5, 5.41) is 0. The summed E-state index contributed by atoms with van der Waals surface area (Å²) in [6, 6.07) is 0. The van der Waals surface area contributed by atoms with Crippen LogP contribution in [0, 0.1) is 0 Å². The van der Waals surface area contributed by atoms with Gasteiger partial charge in [-0.2, -0.15) is 0 Å². The third kappa shape index (κ3) is 6.55. The van der Waals surface area contributed by atoms with Crippen molar-refractivity contribution in [1.82, 2.24) is 9.55 Å². The Morgan fingerprint density at radius 3 is 1.91 bits per heavy atom. The summed E-state index contributed by atoms with van der Waals surface area (Å²) in [4.78, 5) is 4.31. The summed E-state index contributed by atoms with van der Waals surface area (Å²) >= 11 is -0.974. The Labute approximate surface area is 144 Å². The van der Waals surface area contributed by atoms with Crippen molar-refractivity contribution in [3.05, 3.63) is 12.5 Å². The summed E-state index contributed by atoms with van der Waals surface area (Å²) in [6.07, 6.45) is 14.1. The second-order valence-corrected chi connectivity index (χ2v) is 11.4. The molecule has 0 unspecified atom stereocenters. The van der Waals surface area contributed by atoms with Crippen molar-refractivity contribution in [2.75, 3.05) is 0 Å². The van der Waals surface area contributed by atoms with Crippen LogP contribution in [0.25, 0.3) is 0 Å². The summed E-state index contributed by atoms with van der Waals surface area (Å²) in [5.74, 6) is 0. The molecule has 0 spiro atoms. The molecular weight excluding hydrogens is 389 g/mol. The van der Waals surface area contributed by atoms with Crippen molar-refractivity contribution >= 4 is 24.9 Å². The number of hydrogen-bond donors (Lipinski definition) is 0. The van der Waals surface area contributed by atoms with E-state index >= 15 is 0 Å². The van der Waals surface area contributed by atoms with Crippen LogP contribution in [0.15, 0.2) is 12.5 Å². The number of hydrogen-bond acceptors (Lipinski definition) is 1. The number of unbranched alkanes of at least 4 members (excludes halogenated alkanes) is 3.